The van der Waals surface area contributed by atoms with Crippen molar-refractivity contribution in [2.75, 3.05) is 0 Å². The summed E-state index contributed by atoms with van der Waals surface area (Å²) in [4.78, 5) is 0. The van der Waals surface area contributed by atoms with Crippen molar-refractivity contribution in [3.05, 3.63) is 35.1 Å². The van der Waals surface area contributed by atoms with Gasteiger partial charge in [0.1, 0.15) is 5.82 Å². The minimum absolute atomic E-state index is 0.113. The van der Waals surface area contributed by atoms with Crippen LogP contribution in [0.25, 0.3) is 0 Å². The maximum atomic E-state index is 13.2. The average Bonchev–Trinajstić information content (AvgIpc) is 2.09. The van der Waals surface area contributed by atoms with Gasteiger partial charge in [-0.15, -0.1) is 11.8 Å². The van der Waals surface area contributed by atoms with Crippen molar-refractivity contribution in [2.24, 2.45) is 0 Å². The van der Waals surface area contributed by atoms with E-state index in [2.05, 4.69) is 11.8 Å². The van der Waals surface area contributed by atoms with E-state index in [1.807, 2.05) is 19.1 Å². The third-order valence-corrected chi connectivity index (χ3v) is 1.90. The summed E-state index contributed by atoms with van der Waals surface area (Å²) in [6, 6.07) is 5.33. The number of benzene rings is 1. The maximum absolute atomic E-state index is 13.2. The highest BCUT2D eigenvalue weighted by molar-refractivity contribution is 5.24. The molecule has 0 aliphatic heterocycles. The van der Waals surface area contributed by atoms with E-state index in [0.717, 1.165) is 17.5 Å². The number of halogens is 1. The minimum Gasteiger partial charge on any atom is -0.207 e. The Morgan fingerprint density at radius 3 is 2.77 bits per heavy atom. The van der Waals surface area contributed by atoms with Gasteiger partial charge in [0.2, 0.25) is 0 Å². The molecule has 0 aromatic heterocycles. The van der Waals surface area contributed by atoms with Gasteiger partial charge in [-0.05, 0) is 37.5 Å². The fourth-order valence-electron chi connectivity index (χ4n) is 1.18. The number of aryl methyl sites for hydroxylation is 2. The molecule has 0 unspecified atom stereocenters. The smallest absolute Gasteiger partial charge is 0.126 e. The molecule has 0 aliphatic rings. The maximum Gasteiger partial charge on any atom is 0.126 e. The lowest BCUT2D eigenvalue weighted by Crippen LogP contribution is -1.90. The molecular weight excluding hydrogens is 163 g/mol. The summed E-state index contributed by atoms with van der Waals surface area (Å²) in [5.41, 5.74) is 1.72. The lowest BCUT2D eigenvalue weighted by atomic mass is 10.1. The van der Waals surface area contributed by atoms with Crippen LogP contribution in [0.1, 0.15) is 24.5 Å². The van der Waals surface area contributed by atoms with Crippen molar-refractivity contribution in [2.45, 2.75) is 26.7 Å². The molecule has 0 bridgehead atoms. The van der Waals surface area contributed by atoms with Crippen LogP contribution in [0.5, 0.6) is 0 Å². The summed E-state index contributed by atoms with van der Waals surface area (Å²) < 4.78 is 13.2. The molecule has 0 saturated heterocycles. The van der Waals surface area contributed by atoms with Crippen LogP contribution < -0.4 is 0 Å². The predicted octanol–water partition coefficient (Wildman–Crippen LogP) is 3.09. The van der Waals surface area contributed by atoms with E-state index < -0.39 is 0 Å². The highest BCUT2D eigenvalue weighted by atomic mass is 19.1. The van der Waals surface area contributed by atoms with Crippen LogP contribution in [-0.4, -0.2) is 0 Å². The van der Waals surface area contributed by atoms with Crippen molar-refractivity contribution in [1.82, 2.24) is 0 Å². The lowest BCUT2D eigenvalue weighted by Gasteiger charge is -2.00. The van der Waals surface area contributed by atoms with E-state index in [4.69, 9.17) is 0 Å². The zero-order valence-corrected chi connectivity index (χ0v) is 8.02. The Morgan fingerprint density at radius 1 is 1.38 bits per heavy atom. The second-order valence-electron chi connectivity index (χ2n) is 3.02. The van der Waals surface area contributed by atoms with Gasteiger partial charge >= 0.3 is 0 Å². The van der Waals surface area contributed by atoms with Crippen molar-refractivity contribution in [3.8, 4) is 11.8 Å². The fourth-order valence-corrected chi connectivity index (χ4v) is 1.18. The van der Waals surface area contributed by atoms with Crippen molar-refractivity contribution in [3.63, 3.8) is 0 Å². The molecule has 0 saturated carbocycles. The Balaban J connectivity index is 2.70. The summed E-state index contributed by atoms with van der Waals surface area (Å²) in [6.45, 7) is 3.68. The number of hydrogen-bond acceptors (Lipinski definition) is 0. The molecule has 0 amide bonds. The lowest BCUT2D eigenvalue weighted by molar-refractivity contribution is 0.609. The van der Waals surface area contributed by atoms with E-state index in [1.165, 1.54) is 0 Å². The third-order valence-electron chi connectivity index (χ3n) is 1.90. The Labute approximate surface area is 78.8 Å². The van der Waals surface area contributed by atoms with Crippen LogP contribution in [0.2, 0.25) is 0 Å². The molecule has 0 fully saturated rings. The minimum atomic E-state index is -0.113. The van der Waals surface area contributed by atoms with E-state index in [0.29, 0.717) is 6.42 Å². The average molecular weight is 176 g/mol. The van der Waals surface area contributed by atoms with E-state index in [-0.39, 0.29) is 5.82 Å². The second kappa shape index (κ2) is 4.67. The molecule has 0 spiro atoms. The molecule has 0 radical (unpaired) electrons. The molecule has 1 rings (SSSR count). The molecule has 1 heteroatoms. The Kier molecular flexibility index (Phi) is 3.52. The van der Waals surface area contributed by atoms with E-state index in [1.54, 1.807) is 13.0 Å². The molecule has 0 heterocycles. The number of hydrogen-bond donors (Lipinski definition) is 0. The monoisotopic (exact) mass is 176 g/mol. The Bertz CT molecular complexity index is 342. The van der Waals surface area contributed by atoms with Gasteiger partial charge in [0, 0.05) is 6.42 Å². The molecule has 13 heavy (non-hydrogen) atoms. The van der Waals surface area contributed by atoms with Gasteiger partial charge in [-0.1, -0.05) is 12.1 Å². The molecule has 0 atom stereocenters. The highest BCUT2D eigenvalue weighted by Crippen LogP contribution is 2.11. The first kappa shape index (κ1) is 9.80. The summed E-state index contributed by atoms with van der Waals surface area (Å²) in [5, 5.41) is 0. The second-order valence-corrected chi connectivity index (χ2v) is 3.02. The van der Waals surface area contributed by atoms with Crippen LogP contribution in [0.15, 0.2) is 18.2 Å². The van der Waals surface area contributed by atoms with Gasteiger partial charge in [0.15, 0.2) is 0 Å². The molecule has 1 aromatic carbocycles. The van der Waals surface area contributed by atoms with Gasteiger partial charge < -0.3 is 0 Å². The summed E-state index contributed by atoms with van der Waals surface area (Å²) in [7, 11) is 0. The summed E-state index contributed by atoms with van der Waals surface area (Å²) in [6.07, 6.45) is 1.43. The van der Waals surface area contributed by atoms with Crippen molar-refractivity contribution in [1.29, 1.82) is 0 Å². The van der Waals surface area contributed by atoms with Crippen LogP contribution >= 0.6 is 0 Å². The standard InChI is InChI=1S/C12H13F/c1-3-4-5-6-11-8-7-10(2)9-12(11)13/h7-9H,5-6H2,1-2H3. The summed E-state index contributed by atoms with van der Waals surface area (Å²) in [5.74, 6) is 5.61. The molecule has 1 aromatic rings. The molecule has 0 nitrogen and oxygen atoms in total. The SMILES string of the molecule is CC#CCCc1ccc(C)cc1F. The van der Waals surface area contributed by atoms with Crippen LogP contribution in [-0.2, 0) is 6.42 Å². The van der Waals surface area contributed by atoms with E-state index in [9.17, 15) is 4.39 Å². The van der Waals surface area contributed by atoms with Gasteiger partial charge in [0.05, 0.1) is 0 Å². The molecular formula is C12H13F. The first-order chi connectivity index (χ1) is 6.24. The predicted molar refractivity (Wildman–Crippen MR) is 52.9 cm³/mol. The highest BCUT2D eigenvalue weighted by Gasteiger charge is 2.00. The zero-order chi connectivity index (χ0) is 9.68. The van der Waals surface area contributed by atoms with Crippen LogP contribution in [0, 0.1) is 24.6 Å². The quantitative estimate of drug-likeness (QED) is 0.607. The number of rotatable bonds is 2. The molecule has 0 N–H and O–H groups in total. The van der Waals surface area contributed by atoms with Gasteiger partial charge in [-0.3, -0.25) is 0 Å². The first-order valence-corrected chi connectivity index (χ1v) is 4.38. The van der Waals surface area contributed by atoms with Gasteiger partial charge in [-0.25, -0.2) is 4.39 Å². The van der Waals surface area contributed by atoms with Crippen LogP contribution in [0.4, 0.5) is 4.39 Å². The van der Waals surface area contributed by atoms with Crippen molar-refractivity contribution >= 4 is 0 Å². The van der Waals surface area contributed by atoms with Gasteiger partial charge in [0.25, 0.3) is 0 Å². The fraction of sp³-hybridized carbons (Fsp3) is 0.333. The van der Waals surface area contributed by atoms with Crippen molar-refractivity contribution < 1.29 is 4.39 Å². The molecule has 0 aliphatic carbocycles. The zero-order valence-electron chi connectivity index (χ0n) is 8.02. The Hall–Kier alpha value is -1.29. The van der Waals surface area contributed by atoms with Gasteiger partial charge in [-0.2, -0.15) is 0 Å². The molecule has 68 valence electrons. The van der Waals surface area contributed by atoms with E-state index >= 15 is 0 Å². The largest absolute Gasteiger partial charge is 0.207 e. The summed E-state index contributed by atoms with van der Waals surface area (Å²) >= 11 is 0. The van der Waals surface area contributed by atoms with Crippen LogP contribution in [0.3, 0.4) is 0 Å². The normalized spacial score (nSPS) is 9.15. The topological polar surface area (TPSA) is 0 Å². The first-order valence-electron chi connectivity index (χ1n) is 4.38. The third kappa shape index (κ3) is 2.91. The Morgan fingerprint density at radius 2 is 2.15 bits per heavy atom.